The molecule has 2 N–H and O–H groups in total. The fraction of sp³-hybridized carbons (Fsp3) is 0.250. The molecule has 0 bridgehead atoms. The Morgan fingerprint density at radius 1 is 1.19 bits per heavy atom. The van der Waals surface area contributed by atoms with Gasteiger partial charge in [0.05, 0.1) is 5.69 Å². The molecule has 0 radical (unpaired) electrons. The van der Waals surface area contributed by atoms with Crippen LogP contribution in [-0.2, 0) is 6.54 Å². The van der Waals surface area contributed by atoms with E-state index in [0.29, 0.717) is 12.1 Å². The summed E-state index contributed by atoms with van der Waals surface area (Å²) in [5.74, 6) is 0.830. The SMILES string of the molecule is CNC(=O)c1ccc(CNc2cccnc2N(C)C)cc1. The van der Waals surface area contributed by atoms with Crippen LogP contribution < -0.4 is 15.5 Å². The molecule has 5 nitrogen and oxygen atoms in total. The number of carbonyl (C=O) groups excluding carboxylic acids is 1. The van der Waals surface area contributed by atoms with Crippen molar-refractivity contribution in [3.05, 3.63) is 53.7 Å². The summed E-state index contributed by atoms with van der Waals surface area (Å²) in [5, 5.41) is 5.98. The summed E-state index contributed by atoms with van der Waals surface area (Å²) in [6.07, 6.45) is 1.78. The van der Waals surface area contributed by atoms with E-state index in [4.69, 9.17) is 0 Å². The number of anilines is 2. The van der Waals surface area contributed by atoms with Gasteiger partial charge in [0, 0.05) is 39.4 Å². The fourth-order valence-corrected chi connectivity index (χ4v) is 2.01. The van der Waals surface area contributed by atoms with Crippen LogP contribution in [0, 0.1) is 0 Å². The summed E-state index contributed by atoms with van der Waals surface area (Å²) in [6.45, 7) is 0.681. The zero-order valence-electron chi connectivity index (χ0n) is 12.6. The Kier molecular flexibility index (Phi) is 4.77. The normalized spacial score (nSPS) is 10.0. The van der Waals surface area contributed by atoms with Gasteiger partial charge in [-0.1, -0.05) is 12.1 Å². The molecule has 0 aliphatic heterocycles. The maximum Gasteiger partial charge on any atom is 0.251 e. The lowest BCUT2D eigenvalue weighted by Crippen LogP contribution is -2.17. The lowest BCUT2D eigenvalue weighted by atomic mass is 10.1. The summed E-state index contributed by atoms with van der Waals surface area (Å²) in [6, 6.07) is 11.5. The highest BCUT2D eigenvalue weighted by Gasteiger charge is 2.05. The van der Waals surface area contributed by atoms with Crippen LogP contribution in [0.1, 0.15) is 15.9 Å². The number of nitrogens with one attached hydrogen (secondary N) is 2. The summed E-state index contributed by atoms with van der Waals surface area (Å²) < 4.78 is 0. The molecule has 0 spiro atoms. The number of nitrogens with zero attached hydrogens (tertiary/aromatic N) is 2. The van der Waals surface area contributed by atoms with Crippen molar-refractivity contribution in [2.24, 2.45) is 0 Å². The van der Waals surface area contributed by atoms with Crippen molar-refractivity contribution >= 4 is 17.4 Å². The van der Waals surface area contributed by atoms with Crippen LogP contribution in [0.4, 0.5) is 11.5 Å². The molecule has 1 heterocycles. The summed E-state index contributed by atoms with van der Waals surface area (Å²) in [4.78, 5) is 17.8. The van der Waals surface area contributed by atoms with Crippen molar-refractivity contribution in [3.63, 3.8) is 0 Å². The smallest absolute Gasteiger partial charge is 0.251 e. The molecular weight excluding hydrogens is 264 g/mol. The monoisotopic (exact) mass is 284 g/mol. The topological polar surface area (TPSA) is 57.3 Å². The predicted octanol–water partition coefficient (Wildman–Crippen LogP) is 2.12. The quantitative estimate of drug-likeness (QED) is 0.883. The number of benzene rings is 1. The molecule has 0 saturated heterocycles. The maximum atomic E-state index is 11.5. The number of pyridine rings is 1. The highest BCUT2D eigenvalue weighted by Crippen LogP contribution is 2.21. The molecule has 0 aliphatic rings. The third-order valence-corrected chi connectivity index (χ3v) is 3.14. The van der Waals surface area contributed by atoms with Crippen molar-refractivity contribution in [1.29, 1.82) is 0 Å². The Morgan fingerprint density at radius 3 is 2.52 bits per heavy atom. The Balaban J connectivity index is 2.05. The van der Waals surface area contributed by atoms with Crippen LogP contribution in [0.15, 0.2) is 42.6 Å². The van der Waals surface area contributed by atoms with Crippen LogP contribution in [0.2, 0.25) is 0 Å². The molecule has 5 heteroatoms. The van der Waals surface area contributed by atoms with Crippen LogP contribution in [0.25, 0.3) is 0 Å². The molecule has 0 saturated carbocycles. The van der Waals surface area contributed by atoms with Crippen LogP contribution in [0.3, 0.4) is 0 Å². The van der Waals surface area contributed by atoms with Gasteiger partial charge in [-0.15, -0.1) is 0 Å². The molecule has 21 heavy (non-hydrogen) atoms. The van der Waals surface area contributed by atoms with E-state index in [2.05, 4.69) is 15.6 Å². The first-order valence-electron chi connectivity index (χ1n) is 6.79. The van der Waals surface area contributed by atoms with E-state index in [9.17, 15) is 4.79 Å². The van der Waals surface area contributed by atoms with Gasteiger partial charge >= 0.3 is 0 Å². The van der Waals surface area contributed by atoms with Crippen molar-refractivity contribution < 1.29 is 4.79 Å². The number of aromatic nitrogens is 1. The van der Waals surface area contributed by atoms with Gasteiger partial charge in [-0.3, -0.25) is 4.79 Å². The minimum absolute atomic E-state index is 0.0725. The van der Waals surface area contributed by atoms with Crippen LogP contribution in [0.5, 0.6) is 0 Å². The molecule has 1 amide bonds. The van der Waals surface area contributed by atoms with Crippen molar-refractivity contribution in [1.82, 2.24) is 10.3 Å². The third kappa shape index (κ3) is 3.72. The van der Waals surface area contributed by atoms with Gasteiger partial charge in [-0.25, -0.2) is 4.98 Å². The summed E-state index contributed by atoms with van der Waals surface area (Å²) in [7, 11) is 5.56. The zero-order chi connectivity index (χ0) is 15.2. The second kappa shape index (κ2) is 6.74. The Hall–Kier alpha value is -2.56. The molecule has 0 unspecified atom stereocenters. The molecular formula is C16H20N4O. The first-order valence-corrected chi connectivity index (χ1v) is 6.79. The highest BCUT2D eigenvalue weighted by molar-refractivity contribution is 5.93. The van der Waals surface area contributed by atoms with Gasteiger partial charge in [0.25, 0.3) is 5.91 Å². The van der Waals surface area contributed by atoms with E-state index >= 15 is 0 Å². The molecule has 2 rings (SSSR count). The van der Waals surface area contributed by atoms with Crippen LogP contribution >= 0.6 is 0 Å². The van der Waals surface area contributed by atoms with Crippen LogP contribution in [-0.4, -0.2) is 32.0 Å². The molecule has 110 valence electrons. The molecule has 0 fully saturated rings. The van der Waals surface area contributed by atoms with E-state index in [1.54, 1.807) is 13.2 Å². The van der Waals surface area contributed by atoms with Gasteiger partial charge < -0.3 is 15.5 Å². The van der Waals surface area contributed by atoms with E-state index < -0.39 is 0 Å². The lowest BCUT2D eigenvalue weighted by molar-refractivity contribution is 0.0963. The van der Waals surface area contributed by atoms with E-state index in [-0.39, 0.29) is 5.91 Å². The average Bonchev–Trinajstić information content (AvgIpc) is 2.52. The van der Waals surface area contributed by atoms with E-state index in [1.165, 1.54) is 0 Å². The predicted molar refractivity (Wildman–Crippen MR) is 85.7 cm³/mol. The standard InChI is InChI=1S/C16H20N4O/c1-17-16(21)13-8-6-12(7-9-13)11-19-14-5-4-10-18-15(14)20(2)3/h4-10,19H,11H2,1-3H3,(H,17,21). The Bertz CT molecular complexity index is 608. The lowest BCUT2D eigenvalue weighted by Gasteiger charge is -2.17. The maximum absolute atomic E-state index is 11.5. The summed E-state index contributed by atoms with van der Waals surface area (Å²) in [5.41, 5.74) is 2.76. The Labute approximate surface area is 125 Å². The van der Waals surface area contributed by atoms with Gasteiger partial charge in [-0.2, -0.15) is 0 Å². The second-order valence-electron chi connectivity index (χ2n) is 4.90. The molecule has 2 aromatic rings. The number of hydrogen-bond acceptors (Lipinski definition) is 4. The van der Waals surface area contributed by atoms with Gasteiger partial charge in [0.1, 0.15) is 0 Å². The average molecular weight is 284 g/mol. The Morgan fingerprint density at radius 2 is 1.90 bits per heavy atom. The first kappa shape index (κ1) is 14.8. The largest absolute Gasteiger partial charge is 0.378 e. The minimum Gasteiger partial charge on any atom is -0.378 e. The van der Waals surface area contributed by atoms with E-state index in [0.717, 1.165) is 17.1 Å². The fourth-order valence-electron chi connectivity index (χ4n) is 2.01. The number of amides is 1. The summed E-state index contributed by atoms with van der Waals surface area (Å²) >= 11 is 0. The highest BCUT2D eigenvalue weighted by atomic mass is 16.1. The number of rotatable bonds is 5. The number of carbonyl (C=O) groups is 1. The zero-order valence-corrected chi connectivity index (χ0v) is 12.6. The molecule has 1 aromatic carbocycles. The number of hydrogen-bond donors (Lipinski definition) is 2. The van der Waals surface area contributed by atoms with Gasteiger partial charge in [0.2, 0.25) is 0 Å². The minimum atomic E-state index is -0.0725. The molecule has 0 aliphatic carbocycles. The van der Waals surface area contributed by atoms with Crippen molar-refractivity contribution in [2.75, 3.05) is 31.4 Å². The van der Waals surface area contributed by atoms with Crippen molar-refractivity contribution in [3.8, 4) is 0 Å². The van der Waals surface area contributed by atoms with E-state index in [1.807, 2.05) is 55.4 Å². The van der Waals surface area contributed by atoms with Gasteiger partial charge in [0.15, 0.2) is 5.82 Å². The van der Waals surface area contributed by atoms with Crippen molar-refractivity contribution in [2.45, 2.75) is 6.54 Å². The first-order chi connectivity index (χ1) is 10.1. The molecule has 0 atom stereocenters. The second-order valence-corrected chi connectivity index (χ2v) is 4.90. The molecule has 1 aromatic heterocycles. The van der Waals surface area contributed by atoms with Gasteiger partial charge in [-0.05, 0) is 29.8 Å². The third-order valence-electron chi connectivity index (χ3n) is 3.14.